The third-order valence-electron chi connectivity index (χ3n) is 6.03. The minimum absolute atomic E-state index is 0.0555. The van der Waals surface area contributed by atoms with E-state index in [1.807, 2.05) is 30.3 Å². The van der Waals surface area contributed by atoms with Crippen LogP contribution in [0.1, 0.15) is 25.6 Å². The van der Waals surface area contributed by atoms with Crippen LogP contribution in [0.2, 0.25) is 0 Å². The van der Waals surface area contributed by atoms with Crippen molar-refractivity contribution in [3.05, 3.63) is 101 Å². The zero-order valence-corrected chi connectivity index (χ0v) is 20.8. The van der Waals surface area contributed by atoms with Gasteiger partial charge in [0.1, 0.15) is 5.01 Å². The number of anilines is 1. The minimum atomic E-state index is -3.93. The first-order chi connectivity index (χ1) is 17.9. The first-order valence-electron chi connectivity index (χ1n) is 11.3. The normalized spacial score (nSPS) is 13.8. The Balaban J connectivity index is 1.21. The molecule has 0 saturated carbocycles. The van der Waals surface area contributed by atoms with Crippen LogP contribution in [0.15, 0.2) is 95.0 Å². The fraction of sp³-hybridized carbons (Fsp3) is 0.0370. The van der Waals surface area contributed by atoms with E-state index in [1.165, 1.54) is 41.7 Å². The van der Waals surface area contributed by atoms with E-state index >= 15 is 0 Å². The Labute approximate surface area is 216 Å². The molecule has 37 heavy (non-hydrogen) atoms. The number of amides is 2. The Morgan fingerprint density at radius 2 is 1.81 bits per heavy atom. The number of carbonyl (C=O) groups excluding carboxylic acids is 2. The lowest BCUT2D eigenvalue weighted by Crippen LogP contribution is -2.22. The molecule has 0 bridgehead atoms. The maximum absolute atomic E-state index is 13.1. The number of pyridine rings is 1. The van der Waals surface area contributed by atoms with Gasteiger partial charge in [0, 0.05) is 33.8 Å². The van der Waals surface area contributed by atoms with Crippen LogP contribution in [0.5, 0.6) is 0 Å². The van der Waals surface area contributed by atoms with E-state index in [-0.39, 0.29) is 33.2 Å². The number of aromatic nitrogens is 2. The quantitative estimate of drug-likeness (QED) is 0.351. The van der Waals surface area contributed by atoms with Crippen molar-refractivity contribution >= 4 is 49.6 Å². The molecule has 5 aromatic rings. The highest BCUT2D eigenvalue weighted by atomic mass is 32.2. The number of nitrogens with zero attached hydrogens (tertiary/aromatic N) is 2. The molecule has 0 saturated heterocycles. The highest BCUT2D eigenvalue weighted by Crippen LogP contribution is 2.34. The largest absolute Gasteiger partial charge is 0.347 e. The lowest BCUT2D eigenvalue weighted by Gasteiger charge is -2.10. The zero-order chi connectivity index (χ0) is 25.6. The molecule has 2 N–H and O–H groups in total. The van der Waals surface area contributed by atoms with Gasteiger partial charge >= 0.3 is 0 Å². The molecule has 1 aliphatic heterocycles. The summed E-state index contributed by atoms with van der Waals surface area (Å²) in [5.74, 6) is -0.944. The monoisotopic (exact) mass is 526 g/mol. The van der Waals surface area contributed by atoms with E-state index in [2.05, 4.69) is 20.6 Å². The van der Waals surface area contributed by atoms with Crippen LogP contribution >= 0.6 is 11.3 Å². The second-order valence-corrected chi connectivity index (χ2v) is 11.4. The fourth-order valence-corrected chi connectivity index (χ4v) is 6.64. The molecule has 0 unspecified atom stereocenters. The van der Waals surface area contributed by atoms with Crippen LogP contribution in [-0.2, 0) is 16.4 Å². The van der Waals surface area contributed by atoms with Crippen molar-refractivity contribution in [2.45, 2.75) is 16.3 Å². The third-order valence-corrected chi connectivity index (χ3v) is 8.94. The van der Waals surface area contributed by atoms with Gasteiger partial charge in [0.2, 0.25) is 9.84 Å². The van der Waals surface area contributed by atoms with Gasteiger partial charge in [0.25, 0.3) is 11.8 Å². The van der Waals surface area contributed by atoms with Crippen LogP contribution in [0.3, 0.4) is 0 Å². The molecule has 0 fully saturated rings. The van der Waals surface area contributed by atoms with Crippen LogP contribution in [0.25, 0.3) is 21.5 Å². The molecule has 0 atom stereocenters. The number of benzene rings is 3. The van der Waals surface area contributed by atoms with E-state index < -0.39 is 21.7 Å². The number of carbonyl (C=O) groups is 2. The van der Waals surface area contributed by atoms with Crippen LogP contribution in [-0.4, -0.2) is 30.2 Å². The minimum Gasteiger partial charge on any atom is -0.347 e. The molecule has 182 valence electrons. The molecule has 3 heterocycles. The second kappa shape index (κ2) is 8.91. The van der Waals surface area contributed by atoms with Gasteiger partial charge in [-0.2, -0.15) is 0 Å². The van der Waals surface area contributed by atoms with Crippen LogP contribution in [0.4, 0.5) is 5.69 Å². The predicted octanol–water partition coefficient (Wildman–Crippen LogP) is 4.69. The summed E-state index contributed by atoms with van der Waals surface area (Å²) in [7, 11) is -3.93. The average molecular weight is 527 g/mol. The molecule has 8 nitrogen and oxygen atoms in total. The van der Waals surface area contributed by atoms with E-state index in [0.29, 0.717) is 0 Å². The standard InChI is InChI=1S/C27H18N4O4S2/c32-25(29-14-19-15-30-27(36-19)18-7-9-21-16(12-18)4-3-11-28-21)17-8-10-24-22(13-17)31-26(33)20-5-1-2-6-23(20)37(24,34)35/h1-13,15H,14H2,(H,29,32)(H,31,33). The van der Waals surface area contributed by atoms with Gasteiger partial charge < -0.3 is 10.6 Å². The first kappa shape index (κ1) is 23.0. The topological polar surface area (TPSA) is 118 Å². The number of hydrogen-bond acceptors (Lipinski definition) is 7. The molecule has 1 aliphatic rings. The second-order valence-electron chi connectivity index (χ2n) is 8.39. The number of sulfone groups is 1. The number of rotatable bonds is 4. The van der Waals surface area contributed by atoms with Gasteiger partial charge in [-0.15, -0.1) is 11.3 Å². The van der Waals surface area contributed by atoms with Crippen molar-refractivity contribution in [2.75, 3.05) is 5.32 Å². The Hall–Kier alpha value is -4.41. The molecule has 3 aromatic carbocycles. The number of fused-ring (bicyclic) bond motifs is 3. The summed E-state index contributed by atoms with van der Waals surface area (Å²) >= 11 is 1.47. The molecule has 2 amide bonds. The Bertz CT molecular complexity index is 1830. The SMILES string of the molecule is O=C(NCc1cnc(-c2ccc3ncccc3c2)s1)c1ccc2c(c1)NC(=O)c1ccccc1S2(=O)=O. The molecule has 0 spiro atoms. The highest BCUT2D eigenvalue weighted by molar-refractivity contribution is 7.91. The van der Waals surface area contributed by atoms with Crippen LogP contribution < -0.4 is 10.6 Å². The van der Waals surface area contributed by atoms with Crippen molar-refractivity contribution in [1.82, 2.24) is 15.3 Å². The molecule has 10 heteroatoms. The molecular formula is C27H18N4O4S2. The maximum Gasteiger partial charge on any atom is 0.257 e. The molecule has 6 rings (SSSR count). The molecule has 0 aliphatic carbocycles. The van der Waals surface area contributed by atoms with Crippen molar-refractivity contribution in [3.8, 4) is 10.6 Å². The molecular weight excluding hydrogens is 508 g/mol. The Kier molecular flexibility index (Phi) is 5.54. The molecule has 0 radical (unpaired) electrons. The average Bonchev–Trinajstić information content (AvgIpc) is 3.37. The van der Waals surface area contributed by atoms with Gasteiger partial charge in [-0.05, 0) is 54.6 Å². The van der Waals surface area contributed by atoms with Crippen molar-refractivity contribution in [1.29, 1.82) is 0 Å². The lowest BCUT2D eigenvalue weighted by atomic mass is 10.1. The zero-order valence-electron chi connectivity index (χ0n) is 19.1. The van der Waals surface area contributed by atoms with Crippen molar-refractivity contribution in [2.24, 2.45) is 0 Å². The summed E-state index contributed by atoms with van der Waals surface area (Å²) in [6.07, 6.45) is 3.47. The summed E-state index contributed by atoms with van der Waals surface area (Å²) in [4.78, 5) is 35.1. The van der Waals surface area contributed by atoms with Gasteiger partial charge in [-0.1, -0.05) is 18.2 Å². The lowest BCUT2D eigenvalue weighted by molar-refractivity contribution is 0.0949. The van der Waals surface area contributed by atoms with E-state index in [4.69, 9.17) is 0 Å². The van der Waals surface area contributed by atoms with Crippen molar-refractivity contribution in [3.63, 3.8) is 0 Å². The predicted molar refractivity (Wildman–Crippen MR) is 140 cm³/mol. The Morgan fingerprint density at radius 1 is 0.946 bits per heavy atom. The maximum atomic E-state index is 13.1. The summed E-state index contributed by atoms with van der Waals surface area (Å²) in [6, 6.07) is 20.0. The molecule has 2 aromatic heterocycles. The Morgan fingerprint density at radius 3 is 2.70 bits per heavy atom. The van der Waals surface area contributed by atoms with Gasteiger partial charge in [-0.3, -0.25) is 14.6 Å². The number of thiazole rings is 1. The summed E-state index contributed by atoms with van der Waals surface area (Å²) in [5, 5.41) is 7.31. The number of hydrogen-bond donors (Lipinski definition) is 2. The third kappa shape index (κ3) is 4.15. The first-order valence-corrected chi connectivity index (χ1v) is 13.6. The summed E-state index contributed by atoms with van der Waals surface area (Å²) in [6.45, 7) is 0.249. The summed E-state index contributed by atoms with van der Waals surface area (Å²) < 4.78 is 26.3. The van der Waals surface area contributed by atoms with E-state index in [1.54, 1.807) is 24.5 Å². The number of nitrogens with one attached hydrogen (secondary N) is 2. The van der Waals surface area contributed by atoms with E-state index in [0.717, 1.165) is 26.4 Å². The highest BCUT2D eigenvalue weighted by Gasteiger charge is 2.31. The van der Waals surface area contributed by atoms with Gasteiger partial charge in [0.15, 0.2) is 0 Å². The van der Waals surface area contributed by atoms with Gasteiger partial charge in [0.05, 0.1) is 33.1 Å². The van der Waals surface area contributed by atoms with E-state index in [9.17, 15) is 18.0 Å². The van der Waals surface area contributed by atoms with Crippen molar-refractivity contribution < 1.29 is 18.0 Å². The van der Waals surface area contributed by atoms with Gasteiger partial charge in [-0.25, -0.2) is 13.4 Å². The summed E-state index contributed by atoms with van der Waals surface area (Å²) in [5.41, 5.74) is 2.23. The smallest absolute Gasteiger partial charge is 0.257 e. The van der Waals surface area contributed by atoms with Crippen LogP contribution in [0, 0.1) is 0 Å². The fourth-order valence-electron chi connectivity index (χ4n) is 4.20.